The Kier molecular flexibility index (Phi) is 7.36. The summed E-state index contributed by atoms with van der Waals surface area (Å²) in [5.74, 6) is -0.0284. The van der Waals surface area contributed by atoms with Crippen molar-refractivity contribution in [2.24, 2.45) is 5.73 Å². The van der Waals surface area contributed by atoms with Crippen molar-refractivity contribution in [3.8, 4) is 0 Å². The van der Waals surface area contributed by atoms with Crippen LogP contribution in [0.15, 0.2) is 61.3 Å². The molecule has 2 aromatic carbocycles. The first-order chi connectivity index (χ1) is 16.5. The molecule has 0 saturated carbocycles. The van der Waals surface area contributed by atoms with Crippen molar-refractivity contribution in [3.63, 3.8) is 0 Å². The highest BCUT2D eigenvalue weighted by molar-refractivity contribution is 6.07. The Bertz CT molecular complexity index is 1300. The number of aryl methyl sites for hydroxylation is 3. The molecule has 7 heteroatoms. The van der Waals surface area contributed by atoms with E-state index in [-0.39, 0.29) is 25.1 Å². The Morgan fingerprint density at radius 3 is 2.69 bits per heavy atom. The number of benzene rings is 2. The predicted octanol–water partition coefficient (Wildman–Crippen LogP) is 5.10. The summed E-state index contributed by atoms with van der Waals surface area (Å²) in [5.41, 5.74) is 10.4. The van der Waals surface area contributed by atoms with Gasteiger partial charge in [-0.15, -0.1) is 0 Å². The molecule has 3 heterocycles. The number of halogens is 1. The Hall–Kier alpha value is -3.45. The summed E-state index contributed by atoms with van der Waals surface area (Å²) in [6.07, 6.45) is 9.01. The third-order valence-corrected chi connectivity index (χ3v) is 7.01. The normalized spacial score (nSPS) is 14.3. The van der Waals surface area contributed by atoms with Crippen LogP contribution in [0.1, 0.15) is 53.2 Å². The van der Waals surface area contributed by atoms with Crippen LogP contribution >= 0.6 is 0 Å². The van der Waals surface area contributed by atoms with E-state index in [1.54, 1.807) is 18.6 Å². The average Bonchev–Trinajstić information content (AvgIpc) is 3.51. The van der Waals surface area contributed by atoms with Crippen molar-refractivity contribution in [2.45, 2.75) is 52.7 Å². The number of para-hydroxylation sites is 1. The zero-order valence-corrected chi connectivity index (χ0v) is 19.5. The van der Waals surface area contributed by atoms with Gasteiger partial charge in [-0.05, 0) is 48.4 Å². The molecule has 1 saturated heterocycles. The summed E-state index contributed by atoms with van der Waals surface area (Å²) in [4.78, 5) is 19.6. The molecule has 0 aliphatic carbocycles. The standard InChI is InChI=1S/C27H30FN5O.CH4/c1-19-3-2-4-22-24(17-33(26(19)22)14-13-31-12-9-30-18-31)27(34)32-10-7-21(8-11-32)23-15-20(16-29)5-6-25(23)28;/h2-6,9,12,15,17-18,21H,7-8,10-11,13-14,16,29H2,1H3;1H4. The number of carbonyl (C=O) groups is 1. The lowest BCUT2D eigenvalue weighted by molar-refractivity contribution is 0.0714. The van der Waals surface area contributed by atoms with Crippen molar-refractivity contribution in [1.82, 2.24) is 19.0 Å². The van der Waals surface area contributed by atoms with Gasteiger partial charge in [0.05, 0.1) is 17.4 Å². The number of aromatic nitrogens is 3. The van der Waals surface area contributed by atoms with Crippen molar-refractivity contribution in [1.29, 1.82) is 0 Å². The Labute approximate surface area is 206 Å². The number of hydrogen-bond donors (Lipinski definition) is 1. The summed E-state index contributed by atoms with van der Waals surface area (Å²) in [6.45, 7) is 5.25. The second-order valence-electron chi connectivity index (χ2n) is 9.13. The number of nitrogens with two attached hydrogens (primary N) is 1. The molecule has 5 rings (SSSR count). The number of rotatable bonds is 6. The van der Waals surface area contributed by atoms with Crippen molar-refractivity contribution < 1.29 is 9.18 Å². The van der Waals surface area contributed by atoms with Gasteiger partial charge < -0.3 is 19.8 Å². The van der Waals surface area contributed by atoms with Crippen LogP contribution in [0.3, 0.4) is 0 Å². The van der Waals surface area contributed by atoms with E-state index in [4.69, 9.17) is 5.73 Å². The molecule has 0 unspecified atom stereocenters. The van der Waals surface area contributed by atoms with Gasteiger partial charge in [-0.2, -0.15) is 0 Å². The zero-order valence-electron chi connectivity index (χ0n) is 19.5. The minimum Gasteiger partial charge on any atom is -0.345 e. The molecule has 1 amide bonds. The van der Waals surface area contributed by atoms with Crippen molar-refractivity contribution in [2.75, 3.05) is 13.1 Å². The molecule has 184 valence electrons. The fraction of sp³-hybridized carbons (Fsp3) is 0.357. The third-order valence-electron chi connectivity index (χ3n) is 7.01. The molecule has 4 aromatic rings. The summed E-state index contributed by atoms with van der Waals surface area (Å²) in [6, 6.07) is 11.3. The summed E-state index contributed by atoms with van der Waals surface area (Å²) in [5, 5.41) is 0.986. The van der Waals surface area contributed by atoms with E-state index in [1.165, 1.54) is 6.07 Å². The molecule has 0 bridgehead atoms. The van der Waals surface area contributed by atoms with Gasteiger partial charge in [-0.25, -0.2) is 9.37 Å². The lowest BCUT2D eigenvalue weighted by atomic mass is 9.88. The van der Waals surface area contributed by atoms with Crippen LogP contribution in [0.2, 0.25) is 0 Å². The number of likely N-dealkylation sites (tertiary alicyclic amines) is 1. The minimum atomic E-state index is -0.182. The Morgan fingerprint density at radius 2 is 1.97 bits per heavy atom. The minimum absolute atomic E-state index is 0. The molecule has 1 fully saturated rings. The number of nitrogens with zero attached hydrogens (tertiary/aromatic N) is 4. The largest absolute Gasteiger partial charge is 0.345 e. The molecule has 0 radical (unpaired) electrons. The van der Waals surface area contributed by atoms with E-state index < -0.39 is 0 Å². The van der Waals surface area contributed by atoms with Crippen LogP contribution < -0.4 is 5.73 Å². The van der Waals surface area contributed by atoms with Crippen molar-refractivity contribution in [3.05, 3.63) is 89.4 Å². The summed E-state index contributed by atoms with van der Waals surface area (Å²) < 4.78 is 18.7. The number of amides is 1. The van der Waals surface area contributed by atoms with Gasteiger partial charge in [0.25, 0.3) is 5.91 Å². The molecular weight excluding hydrogens is 441 g/mol. The Balaban J connectivity index is 0.00000289. The second-order valence-corrected chi connectivity index (χ2v) is 9.13. The zero-order chi connectivity index (χ0) is 23.7. The monoisotopic (exact) mass is 475 g/mol. The molecule has 35 heavy (non-hydrogen) atoms. The van der Waals surface area contributed by atoms with Gasteiger partial charge in [0, 0.05) is 56.7 Å². The quantitative estimate of drug-likeness (QED) is 0.422. The van der Waals surface area contributed by atoms with E-state index in [9.17, 15) is 9.18 Å². The molecule has 2 aromatic heterocycles. The van der Waals surface area contributed by atoms with Crippen LogP contribution in [0.4, 0.5) is 4.39 Å². The SMILES string of the molecule is C.Cc1cccc2c(C(=O)N3CCC(c4cc(CN)ccc4F)CC3)cn(CCn3ccnc3)c12. The maximum absolute atomic E-state index is 14.5. The molecule has 0 spiro atoms. The van der Waals surface area contributed by atoms with Gasteiger partial charge >= 0.3 is 0 Å². The van der Waals surface area contributed by atoms with Gasteiger partial charge in [-0.1, -0.05) is 37.8 Å². The van der Waals surface area contributed by atoms with Gasteiger partial charge in [-0.3, -0.25) is 4.79 Å². The Morgan fingerprint density at radius 1 is 1.17 bits per heavy atom. The molecule has 6 nitrogen and oxygen atoms in total. The first-order valence-electron chi connectivity index (χ1n) is 11.9. The maximum atomic E-state index is 14.5. The fourth-order valence-corrected chi connectivity index (χ4v) is 5.13. The maximum Gasteiger partial charge on any atom is 0.256 e. The number of carbonyl (C=O) groups excluding carboxylic acids is 1. The number of imidazole rings is 1. The third kappa shape index (κ3) is 4.86. The first-order valence-corrected chi connectivity index (χ1v) is 11.9. The lowest BCUT2D eigenvalue weighted by Gasteiger charge is -2.32. The summed E-state index contributed by atoms with van der Waals surface area (Å²) in [7, 11) is 0. The van der Waals surface area contributed by atoms with Gasteiger partial charge in [0.1, 0.15) is 5.82 Å². The first kappa shape index (κ1) is 24.7. The van der Waals surface area contributed by atoms with Crippen LogP contribution in [0.5, 0.6) is 0 Å². The van der Waals surface area contributed by atoms with Gasteiger partial charge in [0.2, 0.25) is 0 Å². The number of hydrogen-bond acceptors (Lipinski definition) is 3. The summed E-state index contributed by atoms with van der Waals surface area (Å²) >= 11 is 0. The van der Waals surface area contributed by atoms with Crippen LogP contribution in [0, 0.1) is 12.7 Å². The fourth-order valence-electron chi connectivity index (χ4n) is 5.13. The molecule has 1 aliphatic heterocycles. The second kappa shape index (κ2) is 10.4. The molecular formula is C28H34FN5O. The molecule has 1 aliphatic rings. The van der Waals surface area contributed by atoms with Gasteiger partial charge in [0.15, 0.2) is 0 Å². The highest BCUT2D eigenvalue weighted by atomic mass is 19.1. The van der Waals surface area contributed by atoms with E-state index >= 15 is 0 Å². The van der Waals surface area contributed by atoms with Crippen LogP contribution in [-0.2, 0) is 19.6 Å². The number of fused-ring (bicyclic) bond motifs is 1. The van der Waals surface area contributed by atoms with E-state index in [0.717, 1.165) is 59.1 Å². The van der Waals surface area contributed by atoms with E-state index in [1.807, 2.05) is 40.1 Å². The van der Waals surface area contributed by atoms with E-state index in [2.05, 4.69) is 22.5 Å². The smallest absolute Gasteiger partial charge is 0.256 e. The molecule has 2 N–H and O–H groups in total. The number of piperidine rings is 1. The van der Waals surface area contributed by atoms with E-state index in [0.29, 0.717) is 19.6 Å². The van der Waals surface area contributed by atoms with Crippen molar-refractivity contribution >= 4 is 16.8 Å². The average molecular weight is 476 g/mol. The van der Waals surface area contributed by atoms with Crippen LogP contribution in [0.25, 0.3) is 10.9 Å². The highest BCUT2D eigenvalue weighted by Gasteiger charge is 2.28. The highest BCUT2D eigenvalue weighted by Crippen LogP contribution is 2.32. The lowest BCUT2D eigenvalue weighted by Crippen LogP contribution is -2.38. The topological polar surface area (TPSA) is 69.1 Å². The molecule has 0 atom stereocenters. The van der Waals surface area contributed by atoms with Crippen LogP contribution in [-0.4, -0.2) is 38.0 Å². The predicted molar refractivity (Wildman–Crippen MR) is 138 cm³/mol.